The summed E-state index contributed by atoms with van der Waals surface area (Å²) in [6.07, 6.45) is 0.871. The Hall–Kier alpha value is -3.44. The molecule has 32 heavy (non-hydrogen) atoms. The van der Waals surface area contributed by atoms with Crippen molar-refractivity contribution in [2.75, 3.05) is 13.7 Å². The minimum atomic E-state index is -0.466. The molecule has 0 saturated carbocycles. The maximum atomic E-state index is 9.94. The van der Waals surface area contributed by atoms with Crippen LogP contribution in [0.15, 0.2) is 58.4 Å². The van der Waals surface area contributed by atoms with Crippen molar-refractivity contribution in [3.8, 4) is 29.1 Å². The van der Waals surface area contributed by atoms with E-state index in [4.69, 9.17) is 25.0 Å². The molecule has 7 nitrogen and oxygen atoms in total. The highest BCUT2D eigenvalue weighted by atomic mass is 79.9. The summed E-state index contributed by atoms with van der Waals surface area (Å²) in [5, 5.41) is 14.6. The van der Waals surface area contributed by atoms with Gasteiger partial charge in [-0.3, -0.25) is 0 Å². The van der Waals surface area contributed by atoms with Gasteiger partial charge in [-0.15, -0.1) is 0 Å². The first-order chi connectivity index (χ1) is 15.5. The summed E-state index contributed by atoms with van der Waals surface area (Å²) in [5.74, 6) is 1.28. The van der Waals surface area contributed by atoms with E-state index >= 15 is 0 Å². The van der Waals surface area contributed by atoms with Gasteiger partial charge in [-0.1, -0.05) is 25.1 Å². The predicted molar refractivity (Wildman–Crippen MR) is 124 cm³/mol. The molecule has 4 rings (SSSR count). The van der Waals surface area contributed by atoms with Crippen molar-refractivity contribution >= 4 is 15.9 Å². The van der Waals surface area contributed by atoms with Crippen molar-refractivity contribution < 1.29 is 14.2 Å². The predicted octanol–water partition coefficient (Wildman–Crippen LogP) is 4.96. The molecule has 0 amide bonds. The third-order valence-electron chi connectivity index (χ3n) is 5.27. The third-order valence-corrected chi connectivity index (χ3v) is 5.86. The SMILES string of the molecule is CCCOc1c(Br)cc(C2C(C#N)=C(N)Oc3c2c(C)nn3-c2ccccc2)cc1OC. The maximum absolute atomic E-state index is 9.94. The number of fused-ring (bicyclic) bond motifs is 1. The molecule has 1 aromatic heterocycles. The topological polar surface area (TPSA) is 95.3 Å². The van der Waals surface area contributed by atoms with Crippen LogP contribution in [0.5, 0.6) is 17.4 Å². The van der Waals surface area contributed by atoms with Gasteiger partial charge in [-0.2, -0.15) is 10.4 Å². The number of halogens is 1. The highest BCUT2D eigenvalue weighted by molar-refractivity contribution is 9.10. The molecule has 2 aromatic carbocycles. The van der Waals surface area contributed by atoms with Gasteiger partial charge in [0, 0.05) is 0 Å². The Morgan fingerprint density at radius 2 is 2.03 bits per heavy atom. The van der Waals surface area contributed by atoms with Gasteiger partial charge < -0.3 is 19.9 Å². The molecule has 0 bridgehead atoms. The molecule has 0 saturated heterocycles. The number of aromatic nitrogens is 2. The van der Waals surface area contributed by atoms with Gasteiger partial charge in [0.2, 0.25) is 11.8 Å². The van der Waals surface area contributed by atoms with E-state index in [1.165, 1.54) is 0 Å². The number of ether oxygens (including phenoxy) is 3. The molecule has 1 aliphatic heterocycles. The van der Waals surface area contributed by atoms with Crippen molar-refractivity contribution in [2.45, 2.75) is 26.2 Å². The summed E-state index contributed by atoms with van der Waals surface area (Å²) in [6.45, 7) is 4.50. The largest absolute Gasteiger partial charge is 0.493 e. The van der Waals surface area contributed by atoms with Gasteiger partial charge in [0.15, 0.2) is 11.5 Å². The minimum Gasteiger partial charge on any atom is -0.493 e. The summed E-state index contributed by atoms with van der Waals surface area (Å²) < 4.78 is 19.8. The third kappa shape index (κ3) is 3.69. The smallest absolute Gasteiger partial charge is 0.229 e. The first-order valence-electron chi connectivity index (χ1n) is 10.2. The van der Waals surface area contributed by atoms with Crippen molar-refractivity contribution in [2.24, 2.45) is 5.73 Å². The number of nitrogens with two attached hydrogens (primary N) is 1. The lowest BCUT2D eigenvalue weighted by Gasteiger charge is -2.26. The second-order valence-corrected chi connectivity index (χ2v) is 8.21. The number of methoxy groups -OCH3 is 1. The molecular formula is C24H23BrN4O3. The second-order valence-electron chi connectivity index (χ2n) is 7.36. The molecule has 164 valence electrons. The van der Waals surface area contributed by atoms with E-state index in [9.17, 15) is 5.26 Å². The number of rotatable bonds is 6. The number of hydrogen-bond acceptors (Lipinski definition) is 6. The fraction of sp³-hybridized carbons (Fsp3) is 0.250. The fourth-order valence-electron chi connectivity index (χ4n) is 3.84. The van der Waals surface area contributed by atoms with Crippen LogP contribution in [-0.4, -0.2) is 23.5 Å². The lowest BCUT2D eigenvalue weighted by Crippen LogP contribution is -2.22. The van der Waals surface area contributed by atoms with E-state index in [2.05, 4.69) is 22.0 Å². The molecular weight excluding hydrogens is 472 g/mol. The van der Waals surface area contributed by atoms with Crippen molar-refractivity contribution in [3.63, 3.8) is 0 Å². The molecule has 0 spiro atoms. The first-order valence-corrected chi connectivity index (χ1v) is 11.0. The van der Waals surface area contributed by atoms with Crippen molar-refractivity contribution in [1.29, 1.82) is 5.26 Å². The minimum absolute atomic E-state index is 0.0588. The normalized spacial score (nSPS) is 15.0. The molecule has 0 fully saturated rings. The molecule has 0 aliphatic carbocycles. The average molecular weight is 495 g/mol. The summed E-state index contributed by atoms with van der Waals surface area (Å²) >= 11 is 3.61. The highest BCUT2D eigenvalue weighted by Crippen LogP contribution is 2.47. The number of para-hydroxylation sites is 1. The Kier molecular flexibility index (Phi) is 6.10. The number of allylic oxidation sites excluding steroid dienone is 1. The van der Waals surface area contributed by atoms with Crippen LogP contribution in [0.25, 0.3) is 5.69 Å². The number of nitriles is 1. The van der Waals surface area contributed by atoms with E-state index in [1.807, 2.05) is 56.3 Å². The molecule has 1 atom stereocenters. The van der Waals surface area contributed by atoms with Gasteiger partial charge in [0.25, 0.3) is 0 Å². The standard InChI is InChI=1S/C24H23BrN4O3/c1-4-10-31-22-18(25)11-15(12-19(22)30-3)21-17(13-26)23(27)32-24-20(21)14(2)28-29(24)16-8-6-5-7-9-16/h5-9,11-12,21H,4,10,27H2,1-3H3. The lowest BCUT2D eigenvalue weighted by molar-refractivity contribution is 0.292. The quantitative estimate of drug-likeness (QED) is 0.520. The van der Waals surface area contributed by atoms with E-state index < -0.39 is 5.92 Å². The number of hydrogen-bond donors (Lipinski definition) is 1. The zero-order valence-corrected chi connectivity index (χ0v) is 19.6. The zero-order valence-electron chi connectivity index (χ0n) is 18.1. The summed E-state index contributed by atoms with van der Waals surface area (Å²) in [6, 6.07) is 15.7. The van der Waals surface area contributed by atoms with Crippen LogP contribution in [0.1, 0.15) is 36.1 Å². The van der Waals surface area contributed by atoms with E-state index in [0.717, 1.165) is 33.4 Å². The van der Waals surface area contributed by atoms with Gasteiger partial charge in [-0.05, 0) is 59.1 Å². The monoisotopic (exact) mass is 494 g/mol. The summed E-state index contributed by atoms with van der Waals surface area (Å²) in [7, 11) is 1.59. The Morgan fingerprint density at radius 1 is 1.28 bits per heavy atom. The summed E-state index contributed by atoms with van der Waals surface area (Å²) in [5.41, 5.74) is 9.73. The highest BCUT2D eigenvalue weighted by Gasteiger charge is 2.37. The van der Waals surface area contributed by atoms with Crippen LogP contribution in [0.3, 0.4) is 0 Å². The van der Waals surface area contributed by atoms with Crippen LogP contribution in [0.4, 0.5) is 0 Å². The van der Waals surface area contributed by atoms with Gasteiger partial charge >= 0.3 is 0 Å². The first kappa shape index (κ1) is 21.8. The lowest BCUT2D eigenvalue weighted by atomic mass is 9.84. The fourth-order valence-corrected chi connectivity index (χ4v) is 4.42. The van der Waals surface area contributed by atoms with Crippen LogP contribution < -0.4 is 19.9 Å². The molecule has 2 N–H and O–H groups in total. The van der Waals surface area contributed by atoms with Crippen LogP contribution >= 0.6 is 15.9 Å². The molecule has 3 aromatic rings. The number of nitrogens with zero attached hydrogens (tertiary/aromatic N) is 3. The van der Waals surface area contributed by atoms with E-state index in [1.54, 1.807) is 11.8 Å². The average Bonchev–Trinajstić information content (AvgIpc) is 3.13. The zero-order chi connectivity index (χ0) is 22.8. The Morgan fingerprint density at radius 3 is 2.69 bits per heavy atom. The maximum Gasteiger partial charge on any atom is 0.229 e. The van der Waals surface area contributed by atoms with Crippen molar-refractivity contribution in [3.05, 3.63) is 75.2 Å². The molecule has 1 unspecified atom stereocenters. The molecule has 1 aliphatic rings. The Balaban J connectivity index is 1.91. The summed E-state index contributed by atoms with van der Waals surface area (Å²) in [4.78, 5) is 0. The second kappa shape index (κ2) is 8.97. The van der Waals surface area contributed by atoms with Gasteiger partial charge in [0.1, 0.15) is 11.6 Å². The number of aryl methyl sites for hydroxylation is 1. The Labute approximate surface area is 195 Å². The van der Waals surface area contributed by atoms with Crippen LogP contribution in [0.2, 0.25) is 0 Å². The van der Waals surface area contributed by atoms with Gasteiger partial charge in [0.05, 0.1) is 41.1 Å². The van der Waals surface area contributed by atoms with Crippen LogP contribution in [0, 0.1) is 18.3 Å². The molecule has 8 heteroatoms. The number of benzene rings is 2. The molecule has 0 radical (unpaired) electrons. The van der Waals surface area contributed by atoms with Gasteiger partial charge in [-0.25, -0.2) is 4.68 Å². The van der Waals surface area contributed by atoms with E-state index in [-0.39, 0.29) is 5.88 Å². The van der Waals surface area contributed by atoms with Crippen molar-refractivity contribution in [1.82, 2.24) is 9.78 Å². The molecule has 2 heterocycles. The van der Waals surface area contributed by atoms with E-state index in [0.29, 0.717) is 29.6 Å². The van der Waals surface area contributed by atoms with Crippen LogP contribution in [-0.2, 0) is 0 Å². The Bertz CT molecular complexity index is 1230.